The summed E-state index contributed by atoms with van der Waals surface area (Å²) < 4.78 is 4.25. The number of halogens is 1. The molecule has 0 aliphatic heterocycles. The zero-order chi connectivity index (χ0) is 12.1. The summed E-state index contributed by atoms with van der Waals surface area (Å²) in [5.74, 6) is -0.101. The average Bonchev–Trinajstić information content (AvgIpc) is 2.08. The fourth-order valence-electron chi connectivity index (χ4n) is 0.239. The zero-order valence-electron chi connectivity index (χ0n) is 9.76. The van der Waals surface area contributed by atoms with Crippen LogP contribution in [0.25, 0.3) is 0 Å². The van der Waals surface area contributed by atoms with Crippen molar-refractivity contribution in [3.05, 3.63) is 13.2 Å². The van der Waals surface area contributed by atoms with Crippen molar-refractivity contribution in [2.75, 3.05) is 28.3 Å². The number of hydrogen-bond donors (Lipinski definition) is 4. The van der Waals surface area contributed by atoms with Crippen molar-refractivity contribution in [1.29, 1.82) is 10.8 Å². The van der Waals surface area contributed by atoms with Crippen molar-refractivity contribution in [1.82, 2.24) is 10.2 Å². The van der Waals surface area contributed by atoms with Crippen LogP contribution in [-0.4, -0.2) is 45.1 Å². The molecule has 0 heterocycles. The first-order chi connectivity index (χ1) is 6.45. The van der Waals surface area contributed by atoms with Crippen LogP contribution in [0.2, 0.25) is 0 Å². The Morgan fingerprint density at radius 1 is 1.27 bits per heavy atom. The minimum absolute atomic E-state index is 0. The first kappa shape index (κ1) is 23.5. The predicted molar refractivity (Wildman–Crippen MR) is 67.9 cm³/mol. The Kier molecular flexibility index (Phi) is 29.0. The summed E-state index contributed by atoms with van der Waals surface area (Å²) >= 11 is 0. The van der Waals surface area contributed by atoms with E-state index in [4.69, 9.17) is 16.6 Å². The third-order valence-electron chi connectivity index (χ3n) is 0.700. The SMILES string of the molecule is C=C.CN(C)C(=N)NC(=N)N.COC.Cl. The van der Waals surface area contributed by atoms with Crippen LogP contribution in [0.3, 0.4) is 0 Å². The normalized spacial score (nSPS) is 6.40. The smallest absolute Gasteiger partial charge is 0.197 e. The maximum Gasteiger partial charge on any atom is 0.197 e. The van der Waals surface area contributed by atoms with Crippen LogP contribution in [0, 0.1) is 10.8 Å². The highest BCUT2D eigenvalue weighted by atomic mass is 35.5. The first-order valence-electron chi connectivity index (χ1n) is 3.72. The number of methoxy groups -OCH3 is 1. The van der Waals surface area contributed by atoms with E-state index in [0.29, 0.717) is 0 Å². The highest BCUT2D eigenvalue weighted by Crippen LogP contribution is 1.70. The molecule has 0 aliphatic carbocycles. The van der Waals surface area contributed by atoms with Crippen molar-refractivity contribution >= 4 is 24.3 Å². The van der Waals surface area contributed by atoms with Gasteiger partial charge in [0.05, 0.1) is 0 Å². The minimum Gasteiger partial charge on any atom is -0.388 e. The van der Waals surface area contributed by atoms with Crippen LogP contribution in [0.5, 0.6) is 0 Å². The monoisotopic (exact) mass is 239 g/mol. The molecular weight excluding hydrogens is 218 g/mol. The quantitative estimate of drug-likeness (QED) is 0.280. The van der Waals surface area contributed by atoms with Crippen molar-refractivity contribution in [2.45, 2.75) is 0 Å². The lowest BCUT2D eigenvalue weighted by Crippen LogP contribution is -2.42. The highest BCUT2D eigenvalue weighted by molar-refractivity contribution is 5.94. The molecule has 0 saturated carbocycles. The molecule has 0 aromatic carbocycles. The second kappa shape index (κ2) is 18.5. The molecule has 0 amide bonds. The van der Waals surface area contributed by atoms with Gasteiger partial charge in [0.2, 0.25) is 0 Å². The van der Waals surface area contributed by atoms with E-state index in [9.17, 15) is 0 Å². The lowest BCUT2D eigenvalue weighted by atomic mass is 10.8. The molecule has 0 spiro atoms. The lowest BCUT2D eigenvalue weighted by Gasteiger charge is -2.13. The summed E-state index contributed by atoms with van der Waals surface area (Å²) in [6, 6.07) is 0. The fourth-order valence-corrected chi connectivity index (χ4v) is 0.239. The van der Waals surface area contributed by atoms with E-state index in [1.807, 2.05) is 0 Å². The van der Waals surface area contributed by atoms with Gasteiger partial charge >= 0.3 is 0 Å². The van der Waals surface area contributed by atoms with Gasteiger partial charge in [0.25, 0.3) is 0 Å². The minimum atomic E-state index is -0.214. The van der Waals surface area contributed by atoms with Gasteiger partial charge in [-0.1, -0.05) is 0 Å². The van der Waals surface area contributed by atoms with E-state index in [1.54, 1.807) is 28.3 Å². The van der Waals surface area contributed by atoms with Gasteiger partial charge in [-0.2, -0.15) is 0 Å². The lowest BCUT2D eigenvalue weighted by molar-refractivity contribution is 0.277. The standard InChI is InChI=1S/C4H11N5.C2H6O.C2H4.ClH/c1-9(2)4(7)8-3(5)6;1-3-2;1-2;/h1-2H3,(H5,5,6,7,8);1-2H3;1-2H2;1H. The van der Waals surface area contributed by atoms with E-state index in [0.717, 1.165) is 0 Å². The van der Waals surface area contributed by atoms with Gasteiger partial charge in [-0.3, -0.25) is 16.1 Å². The molecule has 15 heavy (non-hydrogen) atoms. The largest absolute Gasteiger partial charge is 0.388 e. The van der Waals surface area contributed by atoms with Gasteiger partial charge in [0.1, 0.15) is 0 Å². The number of rotatable bonds is 0. The molecule has 5 N–H and O–H groups in total. The topological polar surface area (TPSA) is 98.2 Å². The van der Waals surface area contributed by atoms with E-state index in [-0.39, 0.29) is 24.3 Å². The van der Waals surface area contributed by atoms with Crippen LogP contribution >= 0.6 is 12.4 Å². The molecule has 0 saturated heterocycles. The maximum atomic E-state index is 7.07. The van der Waals surface area contributed by atoms with Crippen molar-refractivity contribution in [3.63, 3.8) is 0 Å². The predicted octanol–water partition coefficient (Wildman–Crippen LogP) is 0.452. The van der Waals surface area contributed by atoms with Crippen LogP contribution in [0.4, 0.5) is 0 Å². The summed E-state index contributed by atoms with van der Waals surface area (Å²) in [6.07, 6.45) is 0. The highest BCUT2D eigenvalue weighted by Gasteiger charge is 1.96. The van der Waals surface area contributed by atoms with E-state index < -0.39 is 0 Å². The maximum absolute atomic E-state index is 7.07. The summed E-state index contributed by atoms with van der Waals surface area (Å²) in [6.45, 7) is 6.00. The third-order valence-corrected chi connectivity index (χ3v) is 0.700. The second-order valence-corrected chi connectivity index (χ2v) is 2.19. The summed E-state index contributed by atoms with van der Waals surface area (Å²) in [5, 5.41) is 16.1. The molecule has 0 aromatic heterocycles. The van der Waals surface area contributed by atoms with Gasteiger partial charge in [-0.15, -0.1) is 25.6 Å². The molecule has 0 aromatic rings. The van der Waals surface area contributed by atoms with Gasteiger partial charge in [-0.25, -0.2) is 0 Å². The van der Waals surface area contributed by atoms with Crippen LogP contribution in [0.15, 0.2) is 13.2 Å². The Morgan fingerprint density at radius 3 is 1.60 bits per heavy atom. The van der Waals surface area contributed by atoms with Crippen molar-refractivity contribution in [3.8, 4) is 0 Å². The molecule has 6 nitrogen and oxygen atoms in total. The number of nitrogens with zero attached hydrogens (tertiary/aromatic N) is 1. The van der Waals surface area contributed by atoms with Crippen LogP contribution < -0.4 is 11.1 Å². The molecule has 0 bridgehead atoms. The third kappa shape index (κ3) is 32.4. The molecule has 0 atom stereocenters. The summed E-state index contributed by atoms with van der Waals surface area (Å²) in [7, 11) is 6.64. The Labute approximate surface area is 97.9 Å². The summed E-state index contributed by atoms with van der Waals surface area (Å²) in [5.41, 5.74) is 4.94. The van der Waals surface area contributed by atoms with Gasteiger partial charge in [-0.05, 0) is 0 Å². The first-order valence-corrected chi connectivity index (χ1v) is 3.72. The zero-order valence-corrected chi connectivity index (χ0v) is 10.6. The molecule has 0 rings (SSSR count). The molecule has 92 valence electrons. The molecule has 0 radical (unpaired) electrons. The van der Waals surface area contributed by atoms with Gasteiger partial charge in [0, 0.05) is 28.3 Å². The van der Waals surface area contributed by atoms with Gasteiger partial charge in [0.15, 0.2) is 11.9 Å². The number of nitrogens with two attached hydrogens (primary N) is 1. The fraction of sp³-hybridized carbons (Fsp3) is 0.500. The Morgan fingerprint density at radius 2 is 1.53 bits per heavy atom. The second-order valence-electron chi connectivity index (χ2n) is 2.19. The summed E-state index contributed by atoms with van der Waals surface area (Å²) in [4.78, 5) is 1.52. The van der Waals surface area contributed by atoms with E-state index >= 15 is 0 Å². The molecule has 0 unspecified atom stereocenters. The Balaban J connectivity index is -0.0000000867. The van der Waals surface area contributed by atoms with Crippen LogP contribution in [0.1, 0.15) is 0 Å². The van der Waals surface area contributed by atoms with Crippen LogP contribution in [-0.2, 0) is 4.74 Å². The Hall–Kier alpha value is -1.27. The molecule has 7 heteroatoms. The van der Waals surface area contributed by atoms with E-state index in [1.165, 1.54) is 4.90 Å². The van der Waals surface area contributed by atoms with Crippen molar-refractivity contribution < 1.29 is 4.74 Å². The van der Waals surface area contributed by atoms with Gasteiger partial charge < -0.3 is 15.4 Å². The Bertz CT molecular complexity index is 163. The number of nitrogens with one attached hydrogen (secondary N) is 3. The number of guanidine groups is 2. The average molecular weight is 240 g/mol. The number of hydrogen-bond acceptors (Lipinski definition) is 3. The molecular formula is C8H22ClN5O. The number of ether oxygens (including phenoxy) is 1. The van der Waals surface area contributed by atoms with E-state index in [2.05, 4.69) is 23.2 Å². The molecule has 0 fully saturated rings. The molecule has 0 aliphatic rings. The van der Waals surface area contributed by atoms with Crippen molar-refractivity contribution in [2.24, 2.45) is 5.73 Å².